The molecule has 2 N–H and O–H groups in total. The van der Waals surface area contributed by atoms with Gasteiger partial charge in [0.1, 0.15) is 11.8 Å². The van der Waals surface area contributed by atoms with E-state index < -0.39 is 6.04 Å². The van der Waals surface area contributed by atoms with Gasteiger partial charge in [-0.1, -0.05) is 48.5 Å². The van der Waals surface area contributed by atoms with Crippen LogP contribution in [0.3, 0.4) is 0 Å². The molecule has 4 rings (SSSR count). The number of amides is 1. The van der Waals surface area contributed by atoms with Gasteiger partial charge in [-0.15, -0.1) is 0 Å². The van der Waals surface area contributed by atoms with Gasteiger partial charge in [-0.05, 0) is 42.3 Å². The Morgan fingerprint density at radius 1 is 1.00 bits per heavy atom. The standard InChI is InChI=1S/C24H24N2O4/c1-2-28-20-11-7-6-10-19(20)26-24(27)23(18-8-4-3-5-9-18)25-15-17-12-13-21-22(14-17)30-16-29-21/h3-14,23,25H,2,15-16H2,1H3,(H,26,27)/t23-/m1/s1. The Morgan fingerprint density at radius 2 is 1.77 bits per heavy atom. The Kier molecular flexibility index (Phi) is 6.15. The number of hydrogen-bond acceptors (Lipinski definition) is 5. The predicted molar refractivity (Wildman–Crippen MR) is 115 cm³/mol. The van der Waals surface area contributed by atoms with Crippen LogP contribution in [0, 0.1) is 0 Å². The van der Waals surface area contributed by atoms with Crippen LogP contribution in [0.2, 0.25) is 0 Å². The summed E-state index contributed by atoms with van der Waals surface area (Å²) in [5, 5.41) is 6.37. The monoisotopic (exact) mass is 404 g/mol. The highest BCUT2D eigenvalue weighted by atomic mass is 16.7. The van der Waals surface area contributed by atoms with Gasteiger partial charge in [0.15, 0.2) is 11.5 Å². The van der Waals surface area contributed by atoms with Gasteiger partial charge in [-0.2, -0.15) is 0 Å². The lowest BCUT2D eigenvalue weighted by Gasteiger charge is -2.20. The average molecular weight is 404 g/mol. The molecule has 6 nitrogen and oxygen atoms in total. The maximum atomic E-state index is 13.2. The largest absolute Gasteiger partial charge is 0.492 e. The second kappa shape index (κ2) is 9.33. The van der Waals surface area contributed by atoms with Crippen LogP contribution >= 0.6 is 0 Å². The van der Waals surface area contributed by atoms with Crippen LogP contribution in [-0.2, 0) is 11.3 Å². The molecule has 1 amide bonds. The maximum Gasteiger partial charge on any atom is 0.246 e. The van der Waals surface area contributed by atoms with E-state index in [0.29, 0.717) is 24.6 Å². The Balaban J connectivity index is 1.52. The molecule has 1 aliphatic heterocycles. The maximum absolute atomic E-state index is 13.2. The number of benzene rings is 3. The van der Waals surface area contributed by atoms with Gasteiger partial charge in [0.25, 0.3) is 0 Å². The number of anilines is 1. The lowest BCUT2D eigenvalue weighted by atomic mass is 10.1. The highest BCUT2D eigenvalue weighted by Crippen LogP contribution is 2.32. The molecule has 6 heteroatoms. The number of para-hydroxylation sites is 2. The summed E-state index contributed by atoms with van der Waals surface area (Å²) in [6.45, 7) is 3.17. The van der Waals surface area contributed by atoms with E-state index in [1.807, 2.05) is 79.7 Å². The predicted octanol–water partition coefficient (Wildman–Crippen LogP) is 4.28. The van der Waals surface area contributed by atoms with Crippen LogP contribution in [0.15, 0.2) is 72.8 Å². The zero-order valence-electron chi connectivity index (χ0n) is 16.8. The van der Waals surface area contributed by atoms with Gasteiger partial charge in [0.2, 0.25) is 12.7 Å². The zero-order valence-corrected chi connectivity index (χ0v) is 16.8. The number of carbonyl (C=O) groups is 1. The summed E-state index contributed by atoms with van der Waals surface area (Å²) >= 11 is 0. The Hall–Kier alpha value is -3.51. The SMILES string of the molecule is CCOc1ccccc1NC(=O)[C@H](NCc1ccc2c(c1)OCO2)c1ccccc1. The minimum atomic E-state index is -0.536. The summed E-state index contributed by atoms with van der Waals surface area (Å²) in [6, 6.07) is 22.3. The summed E-state index contributed by atoms with van der Waals surface area (Å²) in [5.74, 6) is 1.95. The van der Waals surface area contributed by atoms with Crippen molar-refractivity contribution in [3.8, 4) is 17.2 Å². The molecule has 0 unspecified atom stereocenters. The Bertz CT molecular complexity index is 1010. The molecule has 1 atom stereocenters. The van der Waals surface area contributed by atoms with E-state index >= 15 is 0 Å². The van der Waals surface area contributed by atoms with Crippen molar-refractivity contribution >= 4 is 11.6 Å². The summed E-state index contributed by atoms with van der Waals surface area (Å²) in [4.78, 5) is 13.2. The first-order valence-electron chi connectivity index (χ1n) is 9.94. The molecular weight excluding hydrogens is 380 g/mol. The van der Waals surface area contributed by atoms with Crippen LogP contribution in [0.5, 0.6) is 17.2 Å². The topological polar surface area (TPSA) is 68.8 Å². The molecule has 0 aromatic heterocycles. The van der Waals surface area contributed by atoms with Crippen LogP contribution in [-0.4, -0.2) is 19.3 Å². The van der Waals surface area contributed by atoms with Crippen molar-refractivity contribution < 1.29 is 19.0 Å². The Morgan fingerprint density at radius 3 is 2.60 bits per heavy atom. The molecule has 3 aromatic carbocycles. The number of hydrogen-bond donors (Lipinski definition) is 2. The molecule has 0 saturated carbocycles. The van der Waals surface area contributed by atoms with Crippen molar-refractivity contribution in [1.82, 2.24) is 5.32 Å². The van der Waals surface area contributed by atoms with Gasteiger partial charge >= 0.3 is 0 Å². The van der Waals surface area contributed by atoms with E-state index in [0.717, 1.165) is 22.6 Å². The van der Waals surface area contributed by atoms with Crippen molar-refractivity contribution in [3.63, 3.8) is 0 Å². The highest BCUT2D eigenvalue weighted by molar-refractivity contribution is 5.96. The number of carbonyl (C=O) groups excluding carboxylic acids is 1. The van der Waals surface area contributed by atoms with Crippen molar-refractivity contribution in [1.29, 1.82) is 0 Å². The third-order valence-electron chi connectivity index (χ3n) is 4.79. The molecule has 0 spiro atoms. The molecule has 3 aromatic rings. The molecule has 0 fully saturated rings. The van der Waals surface area contributed by atoms with Crippen molar-refractivity contribution in [3.05, 3.63) is 83.9 Å². The minimum Gasteiger partial charge on any atom is -0.492 e. The van der Waals surface area contributed by atoms with Crippen LogP contribution in [0.4, 0.5) is 5.69 Å². The molecule has 0 saturated heterocycles. The van der Waals surface area contributed by atoms with Gasteiger partial charge in [-0.3, -0.25) is 10.1 Å². The van der Waals surface area contributed by atoms with Gasteiger partial charge < -0.3 is 19.5 Å². The number of ether oxygens (including phenoxy) is 3. The smallest absolute Gasteiger partial charge is 0.246 e. The fourth-order valence-corrected chi connectivity index (χ4v) is 3.33. The summed E-state index contributed by atoms with van der Waals surface area (Å²) in [7, 11) is 0. The van der Waals surface area contributed by atoms with E-state index in [1.165, 1.54) is 0 Å². The van der Waals surface area contributed by atoms with Gasteiger partial charge in [0, 0.05) is 6.54 Å². The lowest BCUT2D eigenvalue weighted by Crippen LogP contribution is -2.32. The van der Waals surface area contributed by atoms with Gasteiger partial charge in [0.05, 0.1) is 12.3 Å². The third kappa shape index (κ3) is 4.55. The van der Waals surface area contributed by atoms with E-state index in [9.17, 15) is 4.79 Å². The molecule has 1 aliphatic rings. The van der Waals surface area contributed by atoms with Gasteiger partial charge in [-0.25, -0.2) is 0 Å². The normalized spacial score (nSPS) is 13.0. The zero-order chi connectivity index (χ0) is 20.8. The summed E-state index contributed by atoms with van der Waals surface area (Å²) in [6.07, 6.45) is 0. The van der Waals surface area contributed by atoms with Crippen LogP contribution in [0.25, 0.3) is 0 Å². The molecule has 1 heterocycles. The van der Waals surface area contributed by atoms with E-state index in [1.54, 1.807) is 0 Å². The molecule has 30 heavy (non-hydrogen) atoms. The average Bonchev–Trinajstić information content (AvgIpc) is 3.24. The van der Waals surface area contributed by atoms with Crippen LogP contribution < -0.4 is 24.8 Å². The molecule has 0 aliphatic carbocycles. The second-order valence-corrected chi connectivity index (χ2v) is 6.83. The number of nitrogens with one attached hydrogen (secondary N) is 2. The second-order valence-electron chi connectivity index (χ2n) is 6.83. The lowest BCUT2D eigenvalue weighted by molar-refractivity contribution is -0.118. The van der Waals surface area contributed by atoms with Crippen LogP contribution in [0.1, 0.15) is 24.1 Å². The minimum absolute atomic E-state index is 0.158. The molecular formula is C24H24N2O4. The van der Waals surface area contributed by atoms with E-state index in [-0.39, 0.29) is 12.7 Å². The number of rotatable bonds is 8. The first-order valence-corrected chi connectivity index (χ1v) is 9.94. The van der Waals surface area contributed by atoms with E-state index in [4.69, 9.17) is 14.2 Å². The first kappa shape index (κ1) is 19.8. The molecule has 0 radical (unpaired) electrons. The molecule has 154 valence electrons. The summed E-state index contributed by atoms with van der Waals surface area (Å²) in [5.41, 5.74) is 2.53. The first-order chi connectivity index (χ1) is 14.7. The molecule has 0 bridgehead atoms. The van der Waals surface area contributed by atoms with Crippen molar-refractivity contribution in [2.24, 2.45) is 0 Å². The fourth-order valence-electron chi connectivity index (χ4n) is 3.33. The van der Waals surface area contributed by atoms with Crippen molar-refractivity contribution in [2.45, 2.75) is 19.5 Å². The highest BCUT2D eigenvalue weighted by Gasteiger charge is 2.22. The summed E-state index contributed by atoms with van der Waals surface area (Å²) < 4.78 is 16.4. The fraction of sp³-hybridized carbons (Fsp3) is 0.208. The number of fused-ring (bicyclic) bond motifs is 1. The van der Waals surface area contributed by atoms with Crippen molar-refractivity contribution in [2.75, 3.05) is 18.7 Å². The quantitative estimate of drug-likeness (QED) is 0.586. The van der Waals surface area contributed by atoms with E-state index in [2.05, 4.69) is 10.6 Å². The Labute approximate surface area is 175 Å². The third-order valence-corrected chi connectivity index (χ3v) is 4.79.